The highest BCUT2D eigenvalue weighted by molar-refractivity contribution is 7.95. The topological polar surface area (TPSA) is 44.1 Å². The smallest absolute Gasteiger partial charge is 0.396 e. The van der Waals surface area contributed by atoms with Gasteiger partial charge in [0, 0.05) is 0 Å². The molecule has 0 amide bonds. The second kappa shape index (κ2) is 6.62. The van der Waals surface area contributed by atoms with Gasteiger partial charge in [-0.3, -0.25) is 9.36 Å². The van der Waals surface area contributed by atoms with Crippen LogP contribution >= 0.6 is 35.2 Å². The Labute approximate surface area is 143 Å². The zero-order chi connectivity index (χ0) is 17.4. The van der Waals surface area contributed by atoms with Crippen molar-refractivity contribution in [1.29, 1.82) is 0 Å². The van der Waals surface area contributed by atoms with Gasteiger partial charge in [0.2, 0.25) is 5.88 Å². The Kier molecular flexibility index (Phi) is 5.17. The fraction of sp³-hybridized carbons (Fsp3) is 0.231. The fourth-order valence-corrected chi connectivity index (χ4v) is 2.52. The van der Waals surface area contributed by atoms with Gasteiger partial charge in [0.05, 0.1) is 21.3 Å². The summed E-state index contributed by atoms with van der Waals surface area (Å²) in [6.45, 7) is 2.76. The molecule has 0 spiro atoms. The Hall–Kier alpha value is -1.38. The quantitative estimate of drug-likeness (QED) is 0.719. The third-order valence-corrected chi connectivity index (χ3v) is 4.06. The predicted octanol–water partition coefficient (Wildman–Crippen LogP) is 4.70. The number of hydrogen-bond donors (Lipinski definition) is 0. The average Bonchev–Trinajstić information content (AvgIpc) is 2.45. The van der Waals surface area contributed by atoms with Crippen molar-refractivity contribution in [2.75, 3.05) is 0 Å². The van der Waals surface area contributed by atoms with E-state index in [1.54, 1.807) is 18.2 Å². The highest BCUT2D eigenvalue weighted by atomic mass is 35.5. The molecule has 0 aliphatic carbocycles. The molecule has 2 aromatic rings. The molecule has 0 aliphatic heterocycles. The Balaban J connectivity index is 2.55. The molecule has 0 fully saturated rings. The summed E-state index contributed by atoms with van der Waals surface area (Å²) < 4.78 is 42.3. The van der Waals surface area contributed by atoms with Crippen LogP contribution in [-0.4, -0.2) is 15.1 Å². The molecule has 1 aromatic carbocycles. The first-order valence-corrected chi connectivity index (χ1v) is 7.58. The van der Waals surface area contributed by atoms with Crippen LogP contribution in [0, 0.1) is 13.8 Å². The number of rotatable bonds is 3. The highest BCUT2D eigenvalue weighted by Gasteiger charge is 2.32. The summed E-state index contributed by atoms with van der Waals surface area (Å²) in [5.74, 6) is -0.285. The van der Waals surface area contributed by atoms with Gasteiger partial charge in [-0.1, -0.05) is 29.3 Å². The zero-order valence-corrected chi connectivity index (χ0v) is 14.1. The molecule has 0 aliphatic rings. The van der Waals surface area contributed by atoms with Crippen molar-refractivity contribution < 1.29 is 17.4 Å². The monoisotopic (exact) mass is 384 g/mol. The summed E-state index contributed by atoms with van der Waals surface area (Å²) in [6.07, 6.45) is 0. The van der Waals surface area contributed by atoms with E-state index in [1.807, 2.05) is 0 Å². The molecule has 0 unspecified atom stereocenters. The van der Waals surface area contributed by atoms with Crippen LogP contribution in [0.2, 0.25) is 10.0 Å². The maximum absolute atomic E-state index is 12.4. The Bertz CT molecular complexity index is 809. The molecule has 10 heteroatoms. The first-order valence-electron chi connectivity index (χ1n) is 6.09. The molecule has 0 N–H and O–H groups in total. The largest absolute Gasteiger partial charge is 0.479 e. The average molecular weight is 385 g/mol. The number of hydrogen-bond acceptors (Lipinski definition) is 4. The van der Waals surface area contributed by atoms with Gasteiger partial charge in [-0.05, 0) is 26.0 Å². The van der Waals surface area contributed by atoms with Crippen molar-refractivity contribution >= 4 is 35.2 Å². The minimum absolute atomic E-state index is 0.0802. The number of halogens is 5. The van der Waals surface area contributed by atoms with Gasteiger partial charge < -0.3 is 4.18 Å². The molecular formula is C13H9Cl2F3N2O2S. The van der Waals surface area contributed by atoms with Gasteiger partial charge in [0.15, 0.2) is 12.0 Å². The normalized spacial score (nSPS) is 11.6. The first kappa shape index (κ1) is 18.0. The number of alkyl halides is 3. The van der Waals surface area contributed by atoms with E-state index < -0.39 is 29.0 Å². The third kappa shape index (κ3) is 3.94. The Morgan fingerprint density at radius 2 is 1.91 bits per heavy atom. The third-order valence-electron chi connectivity index (χ3n) is 2.82. The van der Waals surface area contributed by atoms with Gasteiger partial charge in [0.25, 0.3) is 5.56 Å². The Morgan fingerprint density at radius 1 is 1.26 bits per heavy atom. The fourth-order valence-electron chi connectivity index (χ4n) is 1.80. The SMILES string of the molecule is Cc1c(OSC(F)(F)F)nc(C)n(-c2cccc(Cl)c2Cl)c1=O. The van der Waals surface area contributed by atoms with E-state index in [4.69, 9.17) is 23.2 Å². The maximum Gasteiger partial charge on any atom is 0.479 e. The van der Waals surface area contributed by atoms with Crippen LogP contribution in [0.25, 0.3) is 5.69 Å². The van der Waals surface area contributed by atoms with Crippen LogP contribution in [0.1, 0.15) is 11.4 Å². The lowest BCUT2D eigenvalue weighted by molar-refractivity contribution is -0.0370. The minimum atomic E-state index is -4.60. The van der Waals surface area contributed by atoms with Crippen LogP contribution in [0.4, 0.5) is 13.2 Å². The number of aryl methyl sites for hydroxylation is 1. The van der Waals surface area contributed by atoms with Gasteiger partial charge in [-0.25, -0.2) is 0 Å². The minimum Gasteiger partial charge on any atom is -0.396 e. The van der Waals surface area contributed by atoms with Crippen molar-refractivity contribution in [3.05, 3.63) is 50.0 Å². The number of aromatic nitrogens is 2. The number of benzene rings is 1. The summed E-state index contributed by atoms with van der Waals surface area (Å²) in [4.78, 5) is 16.4. The molecule has 2 rings (SSSR count). The lowest BCUT2D eigenvalue weighted by Crippen LogP contribution is -2.25. The van der Waals surface area contributed by atoms with E-state index in [2.05, 4.69) is 9.17 Å². The second-order valence-electron chi connectivity index (χ2n) is 4.42. The van der Waals surface area contributed by atoms with Crippen LogP contribution in [-0.2, 0) is 0 Å². The molecular weight excluding hydrogens is 376 g/mol. The van der Waals surface area contributed by atoms with Crippen LogP contribution in [0.5, 0.6) is 5.88 Å². The van der Waals surface area contributed by atoms with Gasteiger partial charge in [-0.2, -0.15) is 18.2 Å². The standard InChI is InChI=1S/C13H9Cl2F3N2O2S/c1-6-11(22-23-13(16,17)18)19-7(2)20(12(6)21)9-5-3-4-8(14)10(9)15/h3-5H,1-2H3. The molecule has 0 bridgehead atoms. The molecule has 0 atom stereocenters. The number of nitrogens with zero attached hydrogens (tertiary/aromatic N) is 2. The summed E-state index contributed by atoms with van der Waals surface area (Å²) in [6, 6.07) is 4.69. The lowest BCUT2D eigenvalue weighted by atomic mass is 10.2. The lowest BCUT2D eigenvalue weighted by Gasteiger charge is -2.15. The van der Waals surface area contributed by atoms with Crippen molar-refractivity contribution in [1.82, 2.24) is 9.55 Å². The van der Waals surface area contributed by atoms with E-state index in [0.29, 0.717) is 0 Å². The van der Waals surface area contributed by atoms with Gasteiger partial charge in [-0.15, -0.1) is 0 Å². The van der Waals surface area contributed by atoms with E-state index in [1.165, 1.54) is 13.8 Å². The van der Waals surface area contributed by atoms with Crippen LogP contribution < -0.4 is 9.74 Å². The van der Waals surface area contributed by atoms with Crippen LogP contribution in [0.3, 0.4) is 0 Å². The van der Waals surface area contributed by atoms with Gasteiger partial charge in [0.1, 0.15) is 5.82 Å². The molecule has 0 saturated heterocycles. The molecule has 0 saturated carbocycles. The zero-order valence-electron chi connectivity index (χ0n) is 11.7. The van der Waals surface area contributed by atoms with E-state index in [0.717, 1.165) is 4.57 Å². The predicted molar refractivity (Wildman–Crippen MR) is 83.6 cm³/mol. The van der Waals surface area contributed by atoms with Gasteiger partial charge >= 0.3 is 5.51 Å². The molecule has 124 valence electrons. The van der Waals surface area contributed by atoms with Crippen molar-refractivity contribution in [3.8, 4) is 11.6 Å². The van der Waals surface area contributed by atoms with E-state index in [-0.39, 0.29) is 27.1 Å². The summed E-state index contributed by atoms with van der Waals surface area (Å²) in [5.41, 5.74) is -5.00. The molecule has 4 nitrogen and oxygen atoms in total. The molecule has 0 radical (unpaired) electrons. The van der Waals surface area contributed by atoms with Crippen molar-refractivity contribution in [2.45, 2.75) is 19.4 Å². The van der Waals surface area contributed by atoms with E-state index in [9.17, 15) is 18.0 Å². The molecule has 1 aromatic heterocycles. The second-order valence-corrected chi connectivity index (χ2v) is 6.00. The van der Waals surface area contributed by atoms with Crippen molar-refractivity contribution in [3.63, 3.8) is 0 Å². The van der Waals surface area contributed by atoms with E-state index >= 15 is 0 Å². The summed E-state index contributed by atoms with van der Waals surface area (Å²) in [7, 11) is 0. The maximum atomic E-state index is 12.4. The first-order chi connectivity index (χ1) is 10.6. The summed E-state index contributed by atoms with van der Waals surface area (Å²) in [5, 5.41) is 0.375. The molecule has 1 heterocycles. The summed E-state index contributed by atoms with van der Waals surface area (Å²) >= 11 is 11.3. The highest BCUT2D eigenvalue weighted by Crippen LogP contribution is 2.33. The van der Waals surface area contributed by atoms with Crippen LogP contribution in [0.15, 0.2) is 23.0 Å². The molecule has 23 heavy (non-hydrogen) atoms. The van der Waals surface area contributed by atoms with Crippen molar-refractivity contribution in [2.24, 2.45) is 0 Å². The Morgan fingerprint density at radius 3 is 2.52 bits per heavy atom.